The van der Waals surface area contributed by atoms with E-state index >= 15 is 0 Å². The first-order chi connectivity index (χ1) is 9.74. The predicted molar refractivity (Wildman–Crippen MR) is 81.2 cm³/mol. The molecule has 3 nitrogen and oxygen atoms in total. The van der Waals surface area contributed by atoms with Gasteiger partial charge in [0.2, 0.25) is 0 Å². The number of fused-ring (bicyclic) bond motifs is 1. The molecule has 0 heterocycles. The number of nitrogens with zero attached hydrogens (tertiary/aromatic N) is 2. The molecule has 0 spiro atoms. The molecular weight excluding hydrogens is 272 g/mol. The van der Waals surface area contributed by atoms with Crippen LogP contribution in [0.5, 0.6) is 5.75 Å². The molecule has 20 heavy (non-hydrogen) atoms. The maximum Gasteiger partial charge on any atom is 0.143 e. The largest absolute Gasteiger partial charge is 0.506 e. The van der Waals surface area contributed by atoms with E-state index < -0.39 is 0 Å². The Morgan fingerprint density at radius 3 is 2.35 bits per heavy atom. The number of hydrogen-bond acceptors (Lipinski definition) is 3. The van der Waals surface area contributed by atoms with Gasteiger partial charge in [0.1, 0.15) is 11.4 Å². The zero-order chi connectivity index (χ0) is 13.9. The van der Waals surface area contributed by atoms with Gasteiger partial charge in [-0.1, -0.05) is 41.9 Å². The molecule has 3 rings (SSSR count). The van der Waals surface area contributed by atoms with E-state index in [1.165, 1.54) is 0 Å². The third kappa shape index (κ3) is 2.49. The van der Waals surface area contributed by atoms with Gasteiger partial charge in [0, 0.05) is 10.4 Å². The van der Waals surface area contributed by atoms with Crippen LogP contribution in [0.2, 0.25) is 5.02 Å². The molecule has 0 atom stereocenters. The van der Waals surface area contributed by atoms with Crippen LogP contribution in [0.4, 0.5) is 11.4 Å². The molecule has 0 bridgehead atoms. The fourth-order valence-electron chi connectivity index (χ4n) is 1.96. The first kappa shape index (κ1) is 12.6. The number of benzene rings is 3. The van der Waals surface area contributed by atoms with E-state index in [9.17, 15) is 5.11 Å². The molecule has 1 N–H and O–H groups in total. The molecular formula is C16H11ClN2O. The number of aromatic hydroxyl groups is 1. The molecule has 3 aromatic rings. The van der Waals surface area contributed by atoms with E-state index in [0.29, 0.717) is 16.4 Å². The van der Waals surface area contributed by atoms with E-state index in [2.05, 4.69) is 10.2 Å². The first-order valence-corrected chi connectivity index (χ1v) is 6.50. The van der Waals surface area contributed by atoms with E-state index in [-0.39, 0.29) is 5.75 Å². The van der Waals surface area contributed by atoms with Crippen molar-refractivity contribution in [3.05, 3.63) is 65.7 Å². The van der Waals surface area contributed by atoms with Crippen LogP contribution in [0.15, 0.2) is 70.9 Å². The summed E-state index contributed by atoms with van der Waals surface area (Å²) in [6.07, 6.45) is 0. The highest BCUT2D eigenvalue weighted by Gasteiger charge is 2.05. The minimum Gasteiger partial charge on any atom is -0.506 e. The predicted octanol–water partition coefficient (Wildman–Crippen LogP) is 5.61. The Labute approximate surface area is 121 Å². The Bertz CT molecular complexity index is 782. The number of halogens is 1. The highest BCUT2D eigenvalue weighted by Crippen LogP contribution is 2.35. The Morgan fingerprint density at radius 2 is 1.55 bits per heavy atom. The molecule has 3 aromatic carbocycles. The molecule has 0 amide bonds. The molecule has 0 saturated heterocycles. The van der Waals surface area contributed by atoms with Crippen LogP contribution in [0, 0.1) is 0 Å². The van der Waals surface area contributed by atoms with Crippen LogP contribution in [0.25, 0.3) is 10.8 Å². The zero-order valence-corrected chi connectivity index (χ0v) is 11.2. The van der Waals surface area contributed by atoms with Crippen LogP contribution >= 0.6 is 11.6 Å². The van der Waals surface area contributed by atoms with Gasteiger partial charge in [-0.3, -0.25) is 0 Å². The maximum atomic E-state index is 9.96. The number of phenolic OH excluding ortho intramolecular Hbond substituents is 1. The van der Waals surface area contributed by atoms with Crippen molar-refractivity contribution >= 4 is 33.7 Å². The van der Waals surface area contributed by atoms with Crippen LogP contribution in [-0.4, -0.2) is 5.11 Å². The van der Waals surface area contributed by atoms with Gasteiger partial charge in [0.15, 0.2) is 0 Å². The summed E-state index contributed by atoms with van der Waals surface area (Å²) in [5.41, 5.74) is 1.15. The van der Waals surface area contributed by atoms with Gasteiger partial charge in [-0.25, -0.2) is 0 Å². The fraction of sp³-hybridized carbons (Fsp3) is 0. The summed E-state index contributed by atoms with van der Waals surface area (Å²) in [4.78, 5) is 0. The zero-order valence-electron chi connectivity index (χ0n) is 10.5. The molecule has 0 aliphatic carbocycles. The van der Waals surface area contributed by atoms with Gasteiger partial charge >= 0.3 is 0 Å². The van der Waals surface area contributed by atoms with Gasteiger partial charge in [0.05, 0.1) is 5.69 Å². The first-order valence-electron chi connectivity index (χ1n) is 6.12. The lowest BCUT2D eigenvalue weighted by Gasteiger charge is -2.03. The molecule has 0 fully saturated rings. The van der Waals surface area contributed by atoms with E-state index in [4.69, 9.17) is 11.6 Å². The monoisotopic (exact) mass is 282 g/mol. The second kappa shape index (κ2) is 5.31. The van der Waals surface area contributed by atoms with E-state index in [1.807, 2.05) is 30.3 Å². The van der Waals surface area contributed by atoms with E-state index in [0.717, 1.165) is 10.8 Å². The molecule has 0 unspecified atom stereocenters. The summed E-state index contributed by atoms with van der Waals surface area (Å²) in [5.74, 6) is 0.112. The van der Waals surface area contributed by atoms with E-state index in [1.54, 1.807) is 30.3 Å². The lowest BCUT2D eigenvalue weighted by molar-refractivity contribution is 0.477. The van der Waals surface area contributed by atoms with Crippen molar-refractivity contribution in [2.45, 2.75) is 0 Å². The average molecular weight is 283 g/mol. The quantitative estimate of drug-likeness (QED) is 0.610. The van der Waals surface area contributed by atoms with Crippen LogP contribution in [0.1, 0.15) is 0 Å². The van der Waals surface area contributed by atoms with Crippen LogP contribution in [-0.2, 0) is 0 Å². The van der Waals surface area contributed by atoms with Crippen LogP contribution < -0.4 is 0 Å². The highest BCUT2D eigenvalue weighted by molar-refractivity contribution is 6.30. The summed E-state index contributed by atoms with van der Waals surface area (Å²) in [6.45, 7) is 0. The smallest absolute Gasteiger partial charge is 0.143 e. The molecule has 0 saturated carbocycles. The molecule has 0 aromatic heterocycles. The highest BCUT2D eigenvalue weighted by atomic mass is 35.5. The summed E-state index contributed by atoms with van der Waals surface area (Å²) >= 11 is 5.82. The standard InChI is InChI=1S/C16H11ClN2O/c17-12-6-8-13(9-7-12)18-19-16-14-4-2-1-3-11(14)5-10-15(16)20/h1-10,20H. The Hall–Kier alpha value is -2.39. The Kier molecular flexibility index (Phi) is 3.35. The van der Waals surface area contributed by atoms with Gasteiger partial charge in [-0.2, -0.15) is 5.11 Å². The number of rotatable bonds is 2. The maximum absolute atomic E-state index is 9.96. The SMILES string of the molecule is Oc1ccc2ccccc2c1N=Nc1ccc(Cl)cc1. The van der Waals surface area contributed by atoms with Crippen molar-refractivity contribution in [1.82, 2.24) is 0 Å². The minimum absolute atomic E-state index is 0.112. The van der Waals surface area contributed by atoms with Gasteiger partial charge in [-0.15, -0.1) is 5.11 Å². The van der Waals surface area contributed by atoms with Crippen molar-refractivity contribution in [3.63, 3.8) is 0 Å². The Morgan fingerprint density at radius 1 is 0.800 bits per heavy atom. The van der Waals surface area contributed by atoms with Crippen molar-refractivity contribution in [2.24, 2.45) is 10.2 Å². The molecule has 98 valence electrons. The van der Waals surface area contributed by atoms with Crippen molar-refractivity contribution in [2.75, 3.05) is 0 Å². The van der Waals surface area contributed by atoms with Gasteiger partial charge in [0.25, 0.3) is 0 Å². The topological polar surface area (TPSA) is 45.0 Å². The molecule has 0 aliphatic heterocycles. The lowest BCUT2D eigenvalue weighted by Crippen LogP contribution is -1.74. The second-order valence-electron chi connectivity index (χ2n) is 4.33. The number of azo groups is 1. The second-order valence-corrected chi connectivity index (χ2v) is 4.77. The summed E-state index contributed by atoms with van der Waals surface area (Å²) < 4.78 is 0. The molecule has 0 radical (unpaired) electrons. The summed E-state index contributed by atoms with van der Waals surface area (Å²) in [6, 6.07) is 18.2. The van der Waals surface area contributed by atoms with Crippen molar-refractivity contribution in [3.8, 4) is 5.75 Å². The third-order valence-corrected chi connectivity index (χ3v) is 3.22. The summed E-state index contributed by atoms with van der Waals surface area (Å²) in [5, 5.41) is 20.8. The molecule has 0 aliphatic rings. The van der Waals surface area contributed by atoms with Crippen molar-refractivity contribution in [1.29, 1.82) is 0 Å². The van der Waals surface area contributed by atoms with Gasteiger partial charge < -0.3 is 5.11 Å². The normalized spacial score (nSPS) is 11.2. The number of hydrogen-bond donors (Lipinski definition) is 1. The van der Waals surface area contributed by atoms with Crippen LogP contribution in [0.3, 0.4) is 0 Å². The summed E-state index contributed by atoms with van der Waals surface area (Å²) in [7, 11) is 0. The molecule has 4 heteroatoms. The lowest BCUT2D eigenvalue weighted by atomic mass is 10.1. The fourth-order valence-corrected chi connectivity index (χ4v) is 2.09. The van der Waals surface area contributed by atoms with Crippen molar-refractivity contribution < 1.29 is 5.11 Å². The average Bonchev–Trinajstić information content (AvgIpc) is 2.48. The third-order valence-electron chi connectivity index (χ3n) is 2.97. The Balaban J connectivity index is 2.06. The minimum atomic E-state index is 0.112. The van der Waals surface area contributed by atoms with Gasteiger partial charge in [-0.05, 0) is 35.7 Å². The number of phenols is 1.